The van der Waals surface area contributed by atoms with Crippen LogP contribution < -0.4 is 15.5 Å². The number of cyclic esters (lactones) is 1. The minimum atomic E-state index is -3.00. The zero-order valence-corrected chi connectivity index (χ0v) is 17.1. The second-order valence-electron chi connectivity index (χ2n) is 7.13. The number of aromatic nitrogens is 2. The number of halogens is 4. The third-order valence-corrected chi connectivity index (χ3v) is 4.66. The van der Waals surface area contributed by atoms with E-state index in [1.165, 1.54) is 18.3 Å². The van der Waals surface area contributed by atoms with Crippen LogP contribution in [0, 0.1) is 0 Å². The number of carbonyl (C=O) groups is 1. The molecular formula is C20H23F4N5O2. The lowest BCUT2D eigenvalue weighted by Crippen LogP contribution is -2.44. The van der Waals surface area contributed by atoms with Gasteiger partial charge in [0.15, 0.2) is 0 Å². The monoisotopic (exact) mass is 441 g/mol. The normalized spacial score (nSPS) is 16.1. The van der Waals surface area contributed by atoms with Gasteiger partial charge in [-0.2, -0.15) is 0 Å². The van der Waals surface area contributed by atoms with Crippen LogP contribution in [0.1, 0.15) is 25.0 Å². The summed E-state index contributed by atoms with van der Waals surface area (Å²) in [5, 5.41) is 5.76. The Kier molecular flexibility index (Phi) is 6.94. The number of fused-ring (bicyclic) bond motifs is 1. The number of pyridine rings is 2. The van der Waals surface area contributed by atoms with Gasteiger partial charge in [-0.15, -0.1) is 0 Å². The lowest BCUT2D eigenvalue weighted by molar-refractivity contribution is 0.0174. The fourth-order valence-electron chi connectivity index (χ4n) is 3.22. The molecule has 2 aliphatic heterocycles. The highest BCUT2D eigenvalue weighted by Gasteiger charge is 2.28. The molecule has 0 aliphatic carbocycles. The zero-order valence-electron chi connectivity index (χ0n) is 17.1. The van der Waals surface area contributed by atoms with Crippen molar-refractivity contribution in [1.82, 2.24) is 15.3 Å². The van der Waals surface area contributed by atoms with Crippen LogP contribution in [0.4, 0.5) is 34.0 Å². The van der Waals surface area contributed by atoms with Gasteiger partial charge in [-0.1, -0.05) is 0 Å². The molecule has 168 valence electrons. The fraction of sp³-hybridized carbons (Fsp3) is 0.450. The SMILES string of the molecule is CC(F)(F)c1cc(-c2ccnc3c2COC(=O)N3)nc(N2CCNCC2)c1.CC(F)F. The Balaban J connectivity index is 0.000000628. The fourth-order valence-corrected chi connectivity index (χ4v) is 3.22. The van der Waals surface area contributed by atoms with Crippen molar-refractivity contribution < 1.29 is 27.1 Å². The van der Waals surface area contributed by atoms with Crippen LogP contribution in [-0.4, -0.2) is 48.7 Å². The van der Waals surface area contributed by atoms with Gasteiger partial charge in [0.25, 0.3) is 5.92 Å². The summed E-state index contributed by atoms with van der Waals surface area (Å²) in [6, 6.07) is 4.53. The number of nitrogens with one attached hydrogen (secondary N) is 2. The lowest BCUT2D eigenvalue weighted by Gasteiger charge is -2.29. The Labute approximate surface area is 176 Å². The van der Waals surface area contributed by atoms with Crippen molar-refractivity contribution in [2.45, 2.75) is 32.8 Å². The molecule has 2 N–H and O–H groups in total. The van der Waals surface area contributed by atoms with E-state index in [0.29, 0.717) is 41.5 Å². The molecule has 0 radical (unpaired) electrons. The van der Waals surface area contributed by atoms with E-state index in [1.807, 2.05) is 4.90 Å². The molecule has 11 heteroatoms. The summed E-state index contributed by atoms with van der Waals surface area (Å²) in [6.07, 6.45) is -1.24. The van der Waals surface area contributed by atoms with E-state index in [-0.39, 0.29) is 12.2 Å². The van der Waals surface area contributed by atoms with Gasteiger partial charge in [0.05, 0.1) is 5.69 Å². The van der Waals surface area contributed by atoms with E-state index in [0.717, 1.165) is 26.9 Å². The average Bonchev–Trinajstić information content (AvgIpc) is 2.72. The van der Waals surface area contributed by atoms with Gasteiger partial charge in [0.2, 0.25) is 6.43 Å². The van der Waals surface area contributed by atoms with Crippen molar-refractivity contribution in [2.75, 3.05) is 36.4 Å². The Morgan fingerprint density at radius 3 is 2.55 bits per heavy atom. The first-order valence-electron chi connectivity index (χ1n) is 9.71. The van der Waals surface area contributed by atoms with Crippen LogP contribution in [-0.2, 0) is 17.3 Å². The third-order valence-electron chi connectivity index (χ3n) is 4.66. The highest BCUT2D eigenvalue weighted by Crippen LogP contribution is 2.35. The summed E-state index contributed by atoms with van der Waals surface area (Å²) in [5.74, 6) is -2.13. The van der Waals surface area contributed by atoms with Crippen molar-refractivity contribution >= 4 is 17.7 Å². The Bertz CT molecular complexity index is 928. The molecule has 2 aromatic heterocycles. The summed E-state index contributed by atoms with van der Waals surface area (Å²) < 4.78 is 54.0. The Morgan fingerprint density at radius 2 is 1.90 bits per heavy atom. The van der Waals surface area contributed by atoms with Crippen LogP contribution in [0.15, 0.2) is 24.4 Å². The van der Waals surface area contributed by atoms with Crippen LogP contribution in [0.25, 0.3) is 11.3 Å². The highest BCUT2D eigenvalue weighted by atomic mass is 19.3. The number of piperazine rings is 1. The first-order valence-corrected chi connectivity index (χ1v) is 9.71. The van der Waals surface area contributed by atoms with E-state index >= 15 is 0 Å². The number of rotatable bonds is 3. The van der Waals surface area contributed by atoms with E-state index in [9.17, 15) is 22.4 Å². The second kappa shape index (κ2) is 9.46. The molecule has 0 spiro atoms. The molecule has 4 heterocycles. The molecule has 0 bridgehead atoms. The summed E-state index contributed by atoms with van der Waals surface area (Å²) in [7, 11) is 0. The molecule has 1 fully saturated rings. The van der Waals surface area contributed by atoms with Crippen molar-refractivity contribution in [3.63, 3.8) is 0 Å². The van der Waals surface area contributed by atoms with Crippen LogP contribution in [0.5, 0.6) is 0 Å². The number of carbonyl (C=O) groups excluding carboxylic acids is 1. The van der Waals surface area contributed by atoms with Crippen molar-refractivity contribution in [2.24, 2.45) is 0 Å². The number of hydrogen-bond acceptors (Lipinski definition) is 6. The van der Waals surface area contributed by atoms with E-state index in [1.54, 1.807) is 6.07 Å². The van der Waals surface area contributed by atoms with E-state index < -0.39 is 18.4 Å². The maximum absolute atomic E-state index is 14.1. The molecule has 2 aromatic rings. The summed E-state index contributed by atoms with van der Waals surface area (Å²) >= 11 is 0. The molecule has 0 saturated carbocycles. The number of anilines is 2. The molecule has 0 unspecified atom stereocenters. The zero-order chi connectivity index (χ0) is 22.6. The summed E-state index contributed by atoms with van der Waals surface area (Å²) in [4.78, 5) is 22.2. The lowest BCUT2D eigenvalue weighted by atomic mass is 10.0. The summed E-state index contributed by atoms with van der Waals surface area (Å²) in [6.45, 7) is 4.65. The molecule has 1 amide bonds. The predicted octanol–water partition coefficient (Wildman–Crippen LogP) is 4.00. The van der Waals surface area contributed by atoms with Crippen LogP contribution in [0.2, 0.25) is 0 Å². The van der Waals surface area contributed by atoms with E-state index in [2.05, 4.69) is 20.6 Å². The quantitative estimate of drug-likeness (QED) is 0.701. The van der Waals surface area contributed by atoms with E-state index in [4.69, 9.17) is 4.74 Å². The van der Waals surface area contributed by atoms with Crippen molar-refractivity contribution in [1.29, 1.82) is 0 Å². The standard InChI is InChI=1S/C18H19F2N5O2.C2H4F2/c1-18(19,20)11-8-14(23-15(9-11)25-6-4-21-5-7-25)12-2-3-22-16-13(12)10-27-17(26)24-16;1-2(3)4/h2-3,8-9,21H,4-7,10H2,1H3,(H,22,24,26);2H,1H3. The smallest absolute Gasteiger partial charge is 0.413 e. The highest BCUT2D eigenvalue weighted by molar-refractivity contribution is 5.88. The molecule has 31 heavy (non-hydrogen) atoms. The van der Waals surface area contributed by atoms with Crippen LogP contribution in [0.3, 0.4) is 0 Å². The number of alkyl halides is 4. The first kappa shape index (κ1) is 22.7. The van der Waals surface area contributed by atoms with Crippen LogP contribution >= 0.6 is 0 Å². The summed E-state index contributed by atoms with van der Waals surface area (Å²) in [5.41, 5.74) is 1.53. The third kappa shape index (κ3) is 5.81. The average molecular weight is 441 g/mol. The minimum Gasteiger partial charge on any atom is -0.444 e. The number of nitrogens with zero attached hydrogens (tertiary/aromatic N) is 3. The van der Waals surface area contributed by atoms with Gasteiger partial charge in [0.1, 0.15) is 18.2 Å². The molecule has 2 aliphatic rings. The number of amides is 1. The Morgan fingerprint density at radius 1 is 1.23 bits per heavy atom. The minimum absolute atomic E-state index is 0.0156. The number of ether oxygens (including phenoxy) is 1. The van der Waals surface area contributed by atoms with Crippen molar-refractivity contribution in [3.05, 3.63) is 35.5 Å². The van der Waals surface area contributed by atoms with Gasteiger partial charge >= 0.3 is 6.09 Å². The number of hydrogen-bond donors (Lipinski definition) is 2. The Hall–Kier alpha value is -2.95. The maximum Gasteiger partial charge on any atom is 0.413 e. The molecule has 0 aromatic carbocycles. The van der Waals surface area contributed by atoms with Gasteiger partial charge in [0, 0.05) is 56.0 Å². The van der Waals surface area contributed by atoms with Gasteiger partial charge < -0.3 is 15.0 Å². The first-order chi connectivity index (χ1) is 14.6. The molecular weight excluding hydrogens is 418 g/mol. The largest absolute Gasteiger partial charge is 0.444 e. The topological polar surface area (TPSA) is 79.4 Å². The van der Waals surface area contributed by atoms with Crippen molar-refractivity contribution in [3.8, 4) is 11.3 Å². The molecule has 7 nitrogen and oxygen atoms in total. The second-order valence-corrected chi connectivity index (χ2v) is 7.13. The molecule has 0 atom stereocenters. The van der Waals surface area contributed by atoms with Gasteiger partial charge in [-0.3, -0.25) is 5.32 Å². The molecule has 4 rings (SSSR count). The maximum atomic E-state index is 14.1. The predicted molar refractivity (Wildman–Crippen MR) is 108 cm³/mol. The van der Waals surface area contributed by atoms with Gasteiger partial charge in [-0.25, -0.2) is 32.3 Å². The molecule has 1 saturated heterocycles. The van der Waals surface area contributed by atoms with Gasteiger partial charge in [-0.05, 0) is 25.1 Å².